The van der Waals surface area contributed by atoms with Gasteiger partial charge in [-0.05, 0) is 54.1 Å². The molecule has 1 saturated heterocycles. The van der Waals surface area contributed by atoms with Crippen LogP contribution in [0.4, 0.5) is 10.5 Å². The highest BCUT2D eigenvalue weighted by Gasteiger charge is 2.36. The molecule has 8 heteroatoms. The first kappa shape index (κ1) is 22.0. The summed E-state index contributed by atoms with van der Waals surface area (Å²) in [6, 6.07) is 12.3. The molecule has 3 amide bonds. The summed E-state index contributed by atoms with van der Waals surface area (Å²) in [5, 5.41) is 2.22. The molecular formula is C23H20N2O5S. The van der Waals surface area contributed by atoms with Crippen LogP contribution in [-0.4, -0.2) is 42.2 Å². The van der Waals surface area contributed by atoms with Gasteiger partial charge in [-0.1, -0.05) is 30.2 Å². The number of anilines is 1. The van der Waals surface area contributed by atoms with Crippen molar-refractivity contribution in [1.29, 1.82) is 0 Å². The second kappa shape index (κ2) is 9.87. The van der Waals surface area contributed by atoms with Gasteiger partial charge >= 0.3 is 0 Å². The van der Waals surface area contributed by atoms with E-state index >= 15 is 0 Å². The van der Waals surface area contributed by atoms with Gasteiger partial charge in [-0.3, -0.25) is 19.3 Å². The Labute approximate surface area is 184 Å². The third-order valence-electron chi connectivity index (χ3n) is 4.39. The number of terminal acetylenes is 1. The predicted molar refractivity (Wildman–Crippen MR) is 120 cm³/mol. The minimum Gasteiger partial charge on any atom is -0.493 e. The fourth-order valence-electron chi connectivity index (χ4n) is 2.85. The van der Waals surface area contributed by atoms with Crippen LogP contribution in [0.5, 0.6) is 11.5 Å². The Hall–Kier alpha value is -3.70. The zero-order valence-corrected chi connectivity index (χ0v) is 17.8. The summed E-state index contributed by atoms with van der Waals surface area (Å²) in [6.45, 7) is 1.59. The smallest absolute Gasteiger partial charge is 0.294 e. The number of nitrogens with zero attached hydrogens (tertiary/aromatic N) is 1. The van der Waals surface area contributed by atoms with Gasteiger partial charge in [0, 0.05) is 5.69 Å². The van der Waals surface area contributed by atoms with E-state index in [-0.39, 0.29) is 18.1 Å². The monoisotopic (exact) mass is 436 g/mol. The van der Waals surface area contributed by atoms with Crippen LogP contribution in [0.1, 0.15) is 11.1 Å². The topological polar surface area (TPSA) is 84.9 Å². The van der Waals surface area contributed by atoms with Gasteiger partial charge in [0.15, 0.2) is 11.5 Å². The maximum Gasteiger partial charge on any atom is 0.294 e. The number of aryl methyl sites for hydroxylation is 1. The van der Waals surface area contributed by atoms with E-state index in [1.807, 2.05) is 19.1 Å². The minimum absolute atomic E-state index is 0.0964. The largest absolute Gasteiger partial charge is 0.493 e. The van der Waals surface area contributed by atoms with E-state index in [0.717, 1.165) is 22.2 Å². The summed E-state index contributed by atoms with van der Waals surface area (Å²) in [6.07, 6.45) is 6.77. The molecule has 1 fully saturated rings. The van der Waals surface area contributed by atoms with Crippen LogP contribution >= 0.6 is 11.8 Å². The number of nitrogens with one attached hydrogen (secondary N) is 1. The predicted octanol–water partition coefficient (Wildman–Crippen LogP) is 3.69. The van der Waals surface area contributed by atoms with Crippen molar-refractivity contribution in [3.05, 3.63) is 58.5 Å². The van der Waals surface area contributed by atoms with Gasteiger partial charge in [-0.2, -0.15) is 0 Å². The molecular weight excluding hydrogens is 416 g/mol. The van der Waals surface area contributed by atoms with Gasteiger partial charge in [-0.25, -0.2) is 0 Å². The molecule has 31 heavy (non-hydrogen) atoms. The standard InChI is InChI=1S/C23H20N2O5S/c1-4-11-30-18-10-9-16(12-19(18)29-3)13-20-22(27)25(23(28)31-20)14-21(26)24-17-8-6-5-7-15(17)2/h1,5-10,12-13H,11,14H2,2-3H3,(H,24,26)/b20-13-. The van der Waals surface area contributed by atoms with Gasteiger partial charge in [0.1, 0.15) is 13.2 Å². The first-order chi connectivity index (χ1) is 14.9. The molecule has 0 radical (unpaired) electrons. The molecule has 0 bridgehead atoms. The Bertz CT molecular complexity index is 1100. The third-order valence-corrected chi connectivity index (χ3v) is 5.30. The number of thioether (sulfide) groups is 1. The Morgan fingerprint density at radius 2 is 2.00 bits per heavy atom. The number of carbonyl (C=O) groups is 3. The van der Waals surface area contributed by atoms with Gasteiger partial charge in [0.2, 0.25) is 5.91 Å². The molecule has 0 aliphatic carbocycles. The number of carbonyl (C=O) groups excluding carboxylic acids is 3. The SMILES string of the molecule is C#CCOc1ccc(/C=C2\SC(=O)N(CC(=O)Nc3ccccc3C)C2=O)cc1OC. The lowest BCUT2D eigenvalue weighted by molar-refractivity contribution is -0.127. The molecule has 7 nitrogen and oxygen atoms in total. The molecule has 0 spiro atoms. The van der Waals surface area contributed by atoms with E-state index < -0.39 is 17.1 Å². The Kier molecular flexibility index (Phi) is 7.00. The third kappa shape index (κ3) is 5.27. The van der Waals surface area contributed by atoms with Gasteiger partial charge in [0.25, 0.3) is 11.1 Å². The van der Waals surface area contributed by atoms with Crippen molar-refractivity contribution in [2.45, 2.75) is 6.92 Å². The van der Waals surface area contributed by atoms with Crippen LogP contribution in [0.3, 0.4) is 0 Å². The molecule has 2 aromatic carbocycles. The Morgan fingerprint density at radius 1 is 1.23 bits per heavy atom. The minimum atomic E-state index is -0.526. The first-order valence-electron chi connectivity index (χ1n) is 9.28. The van der Waals surface area contributed by atoms with Gasteiger partial charge in [0.05, 0.1) is 12.0 Å². The number of methoxy groups -OCH3 is 1. The molecule has 0 aromatic heterocycles. The highest BCUT2D eigenvalue weighted by Crippen LogP contribution is 2.34. The van der Waals surface area contributed by atoms with E-state index in [1.54, 1.807) is 36.4 Å². The van der Waals surface area contributed by atoms with Crippen molar-refractivity contribution in [2.75, 3.05) is 25.6 Å². The lowest BCUT2D eigenvalue weighted by atomic mass is 10.2. The quantitative estimate of drug-likeness (QED) is 0.526. The molecule has 158 valence electrons. The van der Waals surface area contributed by atoms with Crippen LogP contribution in [0.15, 0.2) is 47.4 Å². The molecule has 3 rings (SSSR count). The summed E-state index contributed by atoms with van der Waals surface area (Å²) in [4.78, 5) is 38.5. The van der Waals surface area contributed by atoms with Crippen molar-refractivity contribution >= 4 is 40.6 Å². The molecule has 1 aliphatic heterocycles. The maximum absolute atomic E-state index is 12.7. The van der Waals surface area contributed by atoms with Crippen LogP contribution in [0, 0.1) is 19.3 Å². The second-order valence-electron chi connectivity index (χ2n) is 6.53. The van der Waals surface area contributed by atoms with E-state index in [0.29, 0.717) is 22.7 Å². The van der Waals surface area contributed by atoms with E-state index in [4.69, 9.17) is 15.9 Å². The van der Waals surface area contributed by atoms with Crippen LogP contribution in [0.2, 0.25) is 0 Å². The molecule has 1 aliphatic rings. The summed E-state index contributed by atoms with van der Waals surface area (Å²) in [5.74, 6) is 2.32. The average Bonchev–Trinajstić information content (AvgIpc) is 3.01. The summed E-state index contributed by atoms with van der Waals surface area (Å²) < 4.78 is 10.7. The molecule has 1 heterocycles. The van der Waals surface area contributed by atoms with Crippen molar-refractivity contribution < 1.29 is 23.9 Å². The number of hydrogen-bond donors (Lipinski definition) is 1. The summed E-state index contributed by atoms with van der Waals surface area (Å²) in [5.41, 5.74) is 2.16. The number of amides is 3. The van der Waals surface area contributed by atoms with Crippen LogP contribution < -0.4 is 14.8 Å². The van der Waals surface area contributed by atoms with Gasteiger partial charge in [-0.15, -0.1) is 6.42 Å². The number of rotatable bonds is 7. The molecule has 0 unspecified atom stereocenters. The van der Waals surface area contributed by atoms with E-state index in [9.17, 15) is 14.4 Å². The molecule has 0 atom stereocenters. The normalized spacial score (nSPS) is 14.5. The maximum atomic E-state index is 12.7. The van der Waals surface area contributed by atoms with Crippen LogP contribution in [-0.2, 0) is 9.59 Å². The van der Waals surface area contributed by atoms with Crippen molar-refractivity contribution in [3.63, 3.8) is 0 Å². The highest BCUT2D eigenvalue weighted by molar-refractivity contribution is 8.18. The number of imide groups is 1. The summed E-state index contributed by atoms with van der Waals surface area (Å²) >= 11 is 0.780. The average molecular weight is 436 g/mol. The molecule has 2 aromatic rings. The zero-order valence-electron chi connectivity index (χ0n) is 17.0. The van der Waals surface area contributed by atoms with Crippen molar-refractivity contribution in [1.82, 2.24) is 4.90 Å². The van der Waals surface area contributed by atoms with E-state index in [1.165, 1.54) is 7.11 Å². The van der Waals surface area contributed by atoms with Gasteiger partial charge < -0.3 is 14.8 Å². The number of ether oxygens (including phenoxy) is 2. The van der Waals surface area contributed by atoms with Crippen molar-refractivity contribution in [2.24, 2.45) is 0 Å². The van der Waals surface area contributed by atoms with Crippen LogP contribution in [0.25, 0.3) is 6.08 Å². The van der Waals surface area contributed by atoms with E-state index in [2.05, 4.69) is 11.2 Å². The number of hydrogen-bond acceptors (Lipinski definition) is 6. The molecule has 1 N–H and O–H groups in total. The Balaban J connectivity index is 1.72. The van der Waals surface area contributed by atoms with Crippen molar-refractivity contribution in [3.8, 4) is 23.8 Å². The lowest BCUT2D eigenvalue weighted by Crippen LogP contribution is -2.36. The lowest BCUT2D eigenvalue weighted by Gasteiger charge is -2.13. The molecule has 0 saturated carbocycles. The number of benzene rings is 2. The fraction of sp³-hybridized carbons (Fsp3) is 0.174. The zero-order chi connectivity index (χ0) is 22.4. The highest BCUT2D eigenvalue weighted by atomic mass is 32.2. The summed E-state index contributed by atoms with van der Waals surface area (Å²) in [7, 11) is 1.49. The fourth-order valence-corrected chi connectivity index (χ4v) is 3.69. The second-order valence-corrected chi connectivity index (χ2v) is 7.53. The first-order valence-corrected chi connectivity index (χ1v) is 10.1. The Morgan fingerprint density at radius 3 is 2.71 bits per heavy atom. The number of para-hydroxylation sites is 1.